The number of nitrogens with one attached hydrogen (secondary N) is 1. The van der Waals surface area contributed by atoms with Crippen molar-refractivity contribution in [1.29, 1.82) is 0 Å². The molecule has 0 aliphatic heterocycles. The molecular formula is C35H38ClN3O5S. The van der Waals surface area contributed by atoms with E-state index >= 15 is 0 Å². The molecule has 2 amide bonds. The molecule has 45 heavy (non-hydrogen) atoms. The number of sulfonamides is 1. The number of benzene rings is 4. The summed E-state index contributed by atoms with van der Waals surface area (Å²) in [7, 11) is -2.71. The van der Waals surface area contributed by atoms with Gasteiger partial charge in [0.2, 0.25) is 11.8 Å². The topological polar surface area (TPSA) is 96.0 Å². The predicted octanol–water partition coefficient (Wildman–Crippen LogP) is 5.96. The monoisotopic (exact) mass is 647 g/mol. The van der Waals surface area contributed by atoms with E-state index in [1.807, 2.05) is 50.2 Å². The molecule has 0 saturated heterocycles. The summed E-state index contributed by atoms with van der Waals surface area (Å²) in [5, 5.41) is 3.47. The van der Waals surface area contributed by atoms with Crippen LogP contribution in [-0.4, -0.2) is 51.4 Å². The third-order valence-electron chi connectivity index (χ3n) is 7.17. The second-order valence-corrected chi connectivity index (χ2v) is 13.3. The molecular weight excluding hydrogens is 610 g/mol. The highest BCUT2D eigenvalue weighted by Gasteiger charge is 2.34. The van der Waals surface area contributed by atoms with E-state index < -0.39 is 28.5 Å². The summed E-state index contributed by atoms with van der Waals surface area (Å²) in [6.45, 7) is 3.90. The molecule has 0 bridgehead atoms. The van der Waals surface area contributed by atoms with Crippen molar-refractivity contribution in [2.75, 3.05) is 24.5 Å². The number of hydrogen-bond donors (Lipinski definition) is 1. The molecule has 0 saturated carbocycles. The Hall–Kier alpha value is -4.34. The van der Waals surface area contributed by atoms with Crippen LogP contribution in [0.25, 0.3) is 0 Å². The Balaban J connectivity index is 1.78. The Morgan fingerprint density at radius 1 is 0.844 bits per heavy atom. The number of ether oxygens (including phenoxy) is 1. The third-order valence-corrected chi connectivity index (χ3v) is 9.19. The van der Waals surface area contributed by atoms with Crippen molar-refractivity contribution in [2.24, 2.45) is 5.92 Å². The first-order valence-corrected chi connectivity index (χ1v) is 16.5. The van der Waals surface area contributed by atoms with Gasteiger partial charge in [-0.1, -0.05) is 86.1 Å². The Labute approximate surface area is 270 Å². The summed E-state index contributed by atoms with van der Waals surface area (Å²) in [5.74, 6) is -0.185. The molecule has 4 rings (SSSR count). The zero-order valence-electron chi connectivity index (χ0n) is 25.6. The minimum Gasteiger partial charge on any atom is -0.497 e. The van der Waals surface area contributed by atoms with Crippen molar-refractivity contribution in [3.63, 3.8) is 0 Å². The molecule has 0 unspecified atom stereocenters. The van der Waals surface area contributed by atoms with Gasteiger partial charge in [0, 0.05) is 24.5 Å². The number of amides is 2. The fourth-order valence-electron chi connectivity index (χ4n) is 4.81. The van der Waals surface area contributed by atoms with E-state index in [9.17, 15) is 18.0 Å². The van der Waals surface area contributed by atoms with E-state index in [1.54, 1.807) is 60.7 Å². The molecule has 1 atom stereocenters. The van der Waals surface area contributed by atoms with Gasteiger partial charge in [-0.2, -0.15) is 0 Å². The van der Waals surface area contributed by atoms with Gasteiger partial charge < -0.3 is 15.0 Å². The molecule has 4 aromatic rings. The normalized spacial score (nSPS) is 11.9. The van der Waals surface area contributed by atoms with E-state index in [4.69, 9.17) is 16.3 Å². The van der Waals surface area contributed by atoms with Crippen LogP contribution in [0.2, 0.25) is 5.02 Å². The average Bonchev–Trinajstić information content (AvgIpc) is 3.04. The molecule has 0 aromatic heterocycles. The molecule has 0 aliphatic carbocycles. The summed E-state index contributed by atoms with van der Waals surface area (Å²) in [6.07, 6.45) is 0.230. The molecule has 0 fully saturated rings. The lowest BCUT2D eigenvalue weighted by atomic mass is 10.0. The molecule has 10 heteroatoms. The van der Waals surface area contributed by atoms with Crippen molar-refractivity contribution >= 4 is 39.1 Å². The van der Waals surface area contributed by atoms with Crippen LogP contribution >= 0.6 is 11.6 Å². The number of methoxy groups -OCH3 is 1. The maximum absolute atomic E-state index is 14.5. The number of halogens is 1. The Morgan fingerprint density at radius 3 is 2.07 bits per heavy atom. The number of carbonyl (C=O) groups excluding carboxylic acids is 2. The van der Waals surface area contributed by atoms with E-state index in [2.05, 4.69) is 5.32 Å². The highest BCUT2D eigenvalue weighted by atomic mass is 35.5. The Bertz CT molecular complexity index is 1670. The first-order valence-electron chi connectivity index (χ1n) is 14.7. The van der Waals surface area contributed by atoms with Gasteiger partial charge in [-0.15, -0.1) is 0 Å². The second kappa shape index (κ2) is 15.6. The van der Waals surface area contributed by atoms with Crippen LogP contribution in [-0.2, 0) is 32.6 Å². The number of nitrogens with zero attached hydrogens (tertiary/aromatic N) is 2. The molecule has 4 aromatic carbocycles. The van der Waals surface area contributed by atoms with Gasteiger partial charge in [0.15, 0.2) is 0 Å². The summed E-state index contributed by atoms with van der Waals surface area (Å²) < 4.78 is 34.4. The smallest absolute Gasteiger partial charge is 0.264 e. The third kappa shape index (κ3) is 9.09. The fraction of sp³-hybridized carbons (Fsp3) is 0.257. The largest absolute Gasteiger partial charge is 0.497 e. The number of anilines is 1. The number of para-hydroxylation sites is 1. The van der Waals surface area contributed by atoms with Crippen molar-refractivity contribution in [2.45, 2.75) is 37.8 Å². The van der Waals surface area contributed by atoms with E-state index in [0.29, 0.717) is 28.6 Å². The van der Waals surface area contributed by atoms with Gasteiger partial charge in [-0.25, -0.2) is 8.42 Å². The molecule has 8 nitrogen and oxygen atoms in total. The highest BCUT2D eigenvalue weighted by molar-refractivity contribution is 7.92. The zero-order chi connectivity index (χ0) is 32.4. The SMILES string of the molecule is COc1ccc(S(=O)(=O)N(CC(=O)N(Cc2cccc(Cl)c2)[C@@H](Cc2ccccc2)C(=O)NCC(C)C)c2ccccc2)cc1. The molecule has 0 radical (unpaired) electrons. The van der Waals surface area contributed by atoms with Gasteiger partial charge in [0.25, 0.3) is 10.0 Å². The van der Waals surface area contributed by atoms with E-state index in [1.165, 1.54) is 24.1 Å². The second-order valence-electron chi connectivity index (χ2n) is 11.0. The first kappa shape index (κ1) is 33.6. The minimum atomic E-state index is -4.20. The van der Waals surface area contributed by atoms with Crippen LogP contribution in [0.5, 0.6) is 5.75 Å². The van der Waals surface area contributed by atoms with Gasteiger partial charge in [-0.3, -0.25) is 13.9 Å². The fourth-order valence-corrected chi connectivity index (χ4v) is 6.43. The van der Waals surface area contributed by atoms with Crippen LogP contribution in [0.1, 0.15) is 25.0 Å². The van der Waals surface area contributed by atoms with E-state index in [-0.39, 0.29) is 29.7 Å². The summed E-state index contributed by atoms with van der Waals surface area (Å²) in [6, 6.07) is 30.0. The average molecular weight is 648 g/mol. The maximum Gasteiger partial charge on any atom is 0.264 e. The number of hydrogen-bond acceptors (Lipinski definition) is 5. The Morgan fingerprint density at radius 2 is 1.47 bits per heavy atom. The van der Waals surface area contributed by atoms with Gasteiger partial charge >= 0.3 is 0 Å². The molecule has 0 aliphatic rings. The lowest BCUT2D eigenvalue weighted by molar-refractivity contribution is -0.140. The lowest BCUT2D eigenvalue weighted by Crippen LogP contribution is -2.53. The molecule has 0 heterocycles. The first-order chi connectivity index (χ1) is 21.6. The van der Waals surface area contributed by atoms with Gasteiger partial charge in [0.1, 0.15) is 18.3 Å². The lowest BCUT2D eigenvalue weighted by Gasteiger charge is -2.34. The van der Waals surface area contributed by atoms with Crippen LogP contribution in [0.15, 0.2) is 114 Å². The quantitative estimate of drug-likeness (QED) is 0.182. The summed E-state index contributed by atoms with van der Waals surface area (Å²) >= 11 is 6.30. The summed E-state index contributed by atoms with van der Waals surface area (Å²) in [5.41, 5.74) is 1.87. The number of carbonyl (C=O) groups is 2. The Kier molecular flexibility index (Phi) is 11.6. The van der Waals surface area contributed by atoms with Crippen LogP contribution < -0.4 is 14.4 Å². The number of rotatable bonds is 14. The van der Waals surface area contributed by atoms with E-state index in [0.717, 1.165) is 9.87 Å². The highest BCUT2D eigenvalue weighted by Crippen LogP contribution is 2.26. The van der Waals surface area contributed by atoms with Gasteiger partial charge in [-0.05, 0) is 65.6 Å². The minimum absolute atomic E-state index is 0.00291. The van der Waals surface area contributed by atoms with Crippen molar-refractivity contribution in [3.8, 4) is 5.75 Å². The molecule has 0 spiro atoms. The van der Waals surface area contributed by atoms with Crippen molar-refractivity contribution in [1.82, 2.24) is 10.2 Å². The maximum atomic E-state index is 14.5. The standard InChI is InChI=1S/C35H38ClN3O5S/c1-26(2)23-37-35(41)33(22-27-11-6-4-7-12-27)38(24-28-13-10-14-29(36)21-28)34(40)25-39(30-15-8-5-9-16-30)45(42,43)32-19-17-31(44-3)18-20-32/h4-21,26,33H,22-25H2,1-3H3,(H,37,41)/t33-/m0/s1. The summed E-state index contributed by atoms with van der Waals surface area (Å²) in [4.78, 5) is 29.7. The zero-order valence-corrected chi connectivity index (χ0v) is 27.2. The van der Waals surface area contributed by atoms with Crippen LogP contribution in [0.3, 0.4) is 0 Å². The van der Waals surface area contributed by atoms with Gasteiger partial charge in [0.05, 0.1) is 17.7 Å². The van der Waals surface area contributed by atoms with Crippen LogP contribution in [0, 0.1) is 5.92 Å². The van der Waals surface area contributed by atoms with Crippen molar-refractivity contribution in [3.05, 3.63) is 125 Å². The van der Waals surface area contributed by atoms with Crippen molar-refractivity contribution < 1.29 is 22.7 Å². The predicted molar refractivity (Wildman–Crippen MR) is 178 cm³/mol. The molecule has 236 valence electrons. The van der Waals surface area contributed by atoms with Crippen LogP contribution in [0.4, 0.5) is 5.69 Å². The molecule has 1 N–H and O–H groups in total.